The van der Waals surface area contributed by atoms with Crippen molar-refractivity contribution in [1.82, 2.24) is 4.31 Å². The van der Waals surface area contributed by atoms with Gasteiger partial charge < -0.3 is 5.32 Å². The van der Waals surface area contributed by atoms with E-state index in [1.807, 2.05) is 62.4 Å². The Hall–Kier alpha value is -2.18. The van der Waals surface area contributed by atoms with E-state index in [9.17, 15) is 13.2 Å². The summed E-state index contributed by atoms with van der Waals surface area (Å²) >= 11 is 0. The van der Waals surface area contributed by atoms with Crippen LogP contribution in [0.25, 0.3) is 0 Å². The molecule has 1 N–H and O–H groups in total. The zero-order chi connectivity index (χ0) is 19.4. The summed E-state index contributed by atoms with van der Waals surface area (Å²) in [6.07, 6.45) is 1.09. The lowest BCUT2D eigenvalue weighted by Gasteiger charge is -2.30. The summed E-state index contributed by atoms with van der Waals surface area (Å²) in [5, 5.41) is 2.97. The molecule has 144 valence electrons. The fourth-order valence-electron chi connectivity index (χ4n) is 3.45. The van der Waals surface area contributed by atoms with Crippen molar-refractivity contribution in [3.8, 4) is 0 Å². The van der Waals surface area contributed by atoms with Crippen LogP contribution in [0, 0.1) is 19.8 Å². The number of aryl methyl sites for hydroxylation is 2. The lowest BCUT2D eigenvalue weighted by molar-refractivity contribution is -0.120. The molecule has 1 amide bonds. The molecule has 2 aromatic carbocycles. The van der Waals surface area contributed by atoms with Gasteiger partial charge in [-0.25, -0.2) is 12.7 Å². The van der Waals surface area contributed by atoms with Gasteiger partial charge in [0.15, 0.2) is 0 Å². The van der Waals surface area contributed by atoms with E-state index in [1.54, 1.807) is 0 Å². The number of carbonyl (C=O) groups excluding carboxylic acids is 1. The van der Waals surface area contributed by atoms with Crippen molar-refractivity contribution in [1.29, 1.82) is 0 Å². The first-order valence-electron chi connectivity index (χ1n) is 9.25. The quantitative estimate of drug-likeness (QED) is 0.855. The predicted octanol–water partition coefficient (Wildman–Crippen LogP) is 3.48. The van der Waals surface area contributed by atoms with Crippen LogP contribution in [-0.2, 0) is 20.6 Å². The van der Waals surface area contributed by atoms with Crippen LogP contribution in [0.15, 0.2) is 48.5 Å². The van der Waals surface area contributed by atoms with Crippen LogP contribution in [0.3, 0.4) is 0 Å². The first-order valence-corrected chi connectivity index (χ1v) is 10.9. The van der Waals surface area contributed by atoms with Gasteiger partial charge in [-0.05, 0) is 43.9 Å². The largest absolute Gasteiger partial charge is 0.326 e. The standard InChI is InChI=1S/C21H26N2O3S/c1-16-6-5-8-18(14-16)15-27(25,26)23-12-10-19(11-13-23)21(24)22-20-9-4-3-7-17(20)2/h3-9,14,19H,10-13,15H2,1-2H3,(H,22,24). The number of rotatable bonds is 5. The number of anilines is 1. The van der Waals surface area contributed by atoms with Crippen molar-refractivity contribution in [3.63, 3.8) is 0 Å². The molecule has 0 radical (unpaired) electrons. The maximum absolute atomic E-state index is 12.7. The molecule has 0 aliphatic carbocycles. The molecular formula is C21H26N2O3S. The number of hydrogen-bond acceptors (Lipinski definition) is 3. The number of carbonyl (C=O) groups is 1. The van der Waals surface area contributed by atoms with E-state index >= 15 is 0 Å². The third kappa shape index (κ3) is 4.96. The Labute approximate surface area is 161 Å². The Morgan fingerprint density at radius 3 is 2.44 bits per heavy atom. The highest BCUT2D eigenvalue weighted by Gasteiger charge is 2.31. The van der Waals surface area contributed by atoms with Crippen LogP contribution in [0.1, 0.15) is 29.5 Å². The van der Waals surface area contributed by atoms with Crippen molar-refractivity contribution < 1.29 is 13.2 Å². The third-order valence-corrected chi connectivity index (χ3v) is 6.90. The van der Waals surface area contributed by atoms with Crippen LogP contribution in [0.5, 0.6) is 0 Å². The number of amides is 1. The van der Waals surface area contributed by atoms with E-state index in [0.29, 0.717) is 25.9 Å². The fraction of sp³-hybridized carbons (Fsp3) is 0.381. The lowest BCUT2D eigenvalue weighted by atomic mass is 9.97. The SMILES string of the molecule is Cc1cccc(CS(=O)(=O)N2CCC(C(=O)Nc3ccccc3C)CC2)c1. The highest BCUT2D eigenvalue weighted by Crippen LogP contribution is 2.24. The summed E-state index contributed by atoms with van der Waals surface area (Å²) in [6.45, 7) is 4.69. The molecule has 0 bridgehead atoms. The van der Waals surface area contributed by atoms with Gasteiger partial charge in [0, 0.05) is 24.7 Å². The topological polar surface area (TPSA) is 66.5 Å². The van der Waals surface area contributed by atoms with Gasteiger partial charge >= 0.3 is 0 Å². The maximum atomic E-state index is 12.7. The summed E-state index contributed by atoms with van der Waals surface area (Å²) in [5.41, 5.74) is 3.68. The van der Waals surface area contributed by atoms with Gasteiger partial charge in [-0.2, -0.15) is 0 Å². The molecule has 1 saturated heterocycles. The number of para-hydroxylation sites is 1. The molecule has 6 heteroatoms. The first-order chi connectivity index (χ1) is 12.8. The van der Waals surface area contributed by atoms with Crippen molar-refractivity contribution >= 4 is 21.6 Å². The lowest BCUT2D eigenvalue weighted by Crippen LogP contribution is -2.41. The van der Waals surface area contributed by atoms with Gasteiger partial charge in [-0.15, -0.1) is 0 Å². The van der Waals surface area contributed by atoms with Crippen LogP contribution in [0.4, 0.5) is 5.69 Å². The summed E-state index contributed by atoms with van der Waals surface area (Å²) in [7, 11) is -3.37. The second kappa shape index (κ2) is 8.23. The van der Waals surface area contributed by atoms with Gasteiger partial charge in [0.25, 0.3) is 0 Å². The molecule has 0 saturated carbocycles. The second-order valence-electron chi connectivity index (χ2n) is 7.22. The molecule has 5 nitrogen and oxygen atoms in total. The molecule has 1 aliphatic heterocycles. The number of sulfonamides is 1. The maximum Gasteiger partial charge on any atom is 0.227 e. The smallest absolute Gasteiger partial charge is 0.227 e. The zero-order valence-electron chi connectivity index (χ0n) is 15.8. The Morgan fingerprint density at radius 2 is 1.78 bits per heavy atom. The van der Waals surface area contributed by atoms with Crippen LogP contribution in [0.2, 0.25) is 0 Å². The van der Waals surface area contributed by atoms with Crippen LogP contribution < -0.4 is 5.32 Å². The zero-order valence-corrected chi connectivity index (χ0v) is 16.6. The Kier molecular flexibility index (Phi) is 5.97. The number of piperidine rings is 1. The molecule has 3 rings (SSSR count). The Morgan fingerprint density at radius 1 is 1.07 bits per heavy atom. The molecule has 0 spiro atoms. The molecule has 1 heterocycles. The molecule has 0 atom stereocenters. The fourth-order valence-corrected chi connectivity index (χ4v) is 5.00. The van der Waals surface area contributed by atoms with Gasteiger partial charge in [0.2, 0.25) is 15.9 Å². The van der Waals surface area contributed by atoms with Crippen molar-refractivity contribution in [2.75, 3.05) is 18.4 Å². The van der Waals surface area contributed by atoms with E-state index in [4.69, 9.17) is 0 Å². The number of benzene rings is 2. The molecule has 0 aromatic heterocycles. The van der Waals surface area contributed by atoms with Crippen molar-refractivity contribution in [2.45, 2.75) is 32.4 Å². The Balaban J connectivity index is 1.58. The average Bonchev–Trinajstić information content (AvgIpc) is 2.63. The van der Waals surface area contributed by atoms with E-state index in [0.717, 1.165) is 22.4 Å². The van der Waals surface area contributed by atoms with Gasteiger partial charge in [-0.1, -0.05) is 48.0 Å². The average molecular weight is 387 g/mol. The monoisotopic (exact) mass is 386 g/mol. The van der Waals surface area contributed by atoms with Crippen LogP contribution >= 0.6 is 0 Å². The summed E-state index contributed by atoms with van der Waals surface area (Å²) in [6, 6.07) is 15.2. The van der Waals surface area contributed by atoms with E-state index in [-0.39, 0.29) is 17.6 Å². The van der Waals surface area contributed by atoms with Crippen molar-refractivity contribution in [3.05, 3.63) is 65.2 Å². The normalized spacial score (nSPS) is 16.2. The second-order valence-corrected chi connectivity index (χ2v) is 9.19. The minimum atomic E-state index is -3.37. The number of nitrogens with one attached hydrogen (secondary N) is 1. The molecule has 1 fully saturated rings. The summed E-state index contributed by atoms with van der Waals surface area (Å²) in [5.74, 6) is -0.176. The van der Waals surface area contributed by atoms with Gasteiger partial charge in [-0.3, -0.25) is 4.79 Å². The molecule has 0 unspecified atom stereocenters. The minimum Gasteiger partial charge on any atom is -0.326 e. The summed E-state index contributed by atoms with van der Waals surface area (Å²) < 4.78 is 26.9. The number of nitrogens with zero attached hydrogens (tertiary/aromatic N) is 1. The first kappa shape index (κ1) is 19.6. The van der Waals surface area contributed by atoms with Crippen molar-refractivity contribution in [2.24, 2.45) is 5.92 Å². The van der Waals surface area contributed by atoms with E-state index in [2.05, 4.69) is 5.32 Å². The van der Waals surface area contributed by atoms with Gasteiger partial charge in [0.1, 0.15) is 0 Å². The third-order valence-electron chi connectivity index (χ3n) is 5.05. The predicted molar refractivity (Wildman–Crippen MR) is 108 cm³/mol. The highest BCUT2D eigenvalue weighted by molar-refractivity contribution is 7.88. The number of hydrogen-bond donors (Lipinski definition) is 1. The molecule has 2 aromatic rings. The van der Waals surface area contributed by atoms with E-state index in [1.165, 1.54) is 4.31 Å². The van der Waals surface area contributed by atoms with E-state index < -0.39 is 10.0 Å². The molecule has 1 aliphatic rings. The highest BCUT2D eigenvalue weighted by atomic mass is 32.2. The Bertz CT molecular complexity index is 917. The summed E-state index contributed by atoms with van der Waals surface area (Å²) in [4.78, 5) is 12.5. The molecule has 27 heavy (non-hydrogen) atoms. The van der Waals surface area contributed by atoms with Crippen LogP contribution in [-0.4, -0.2) is 31.7 Å². The van der Waals surface area contributed by atoms with Gasteiger partial charge in [0.05, 0.1) is 5.75 Å². The molecular weight excluding hydrogens is 360 g/mol. The minimum absolute atomic E-state index is 0.00868.